The molecule has 0 aliphatic carbocycles. The van der Waals surface area contributed by atoms with Gasteiger partial charge in [-0.2, -0.15) is 0 Å². The summed E-state index contributed by atoms with van der Waals surface area (Å²) in [5.74, 6) is -0.821. The van der Waals surface area contributed by atoms with Crippen molar-refractivity contribution in [1.82, 2.24) is 10.2 Å². The Morgan fingerprint density at radius 3 is 2.27 bits per heavy atom. The molecule has 0 saturated heterocycles. The number of anilines is 1. The molecule has 2 amide bonds. The first-order valence-corrected chi connectivity index (χ1v) is 14.7. The molecule has 0 spiro atoms. The summed E-state index contributed by atoms with van der Waals surface area (Å²) >= 11 is 12.4. The van der Waals surface area contributed by atoms with Crippen molar-refractivity contribution in [3.63, 3.8) is 0 Å². The van der Waals surface area contributed by atoms with Crippen LogP contribution in [0, 0.1) is 11.7 Å². The fraction of sp³-hybridized carbons (Fsp3) is 0.462. The minimum atomic E-state index is -3.67. The number of carbonyl (C=O) groups excluding carboxylic acids is 2. The fourth-order valence-electron chi connectivity index (χ4n) is 3.79. The first kappa shape index (κ1) is 30.9. The summed E-state index contributed by atoms with van der Waals surface area (Å²) in [4.78, 5) is 27.9. The molecule has 204 valence electrons. The molecule has 0 bridgehead atoms. The topological polar surface area (TPSA) is 86.8 Å². The number of carbonyl (C=O) groups is 2. The van der Waals surface area contributed by atoms with Gasteiger partial charge in [-0.15, -0.1) is 0 Å². The van der Waals surface area contributed by atoms with E-state index in [1.807, 2.05) is 20.8 Å². The highest BCUT2D eigenvalue weighted by molar-refractivity contribution is 7.92. The highest BCUT2D eigenvalue weighted by atomic mass is 35.5. The lowest BCUT2D eigenvalue weighted by atomic mass is 10.1. The Bertz CT molecular complexity index is 1180. The van der Waals surface area contributed by atoms with Crippen LogP contribution < -0.4 is 9.62 Å². The van der Waals surface area contributed by atoms with E-state index in [0.717, 1.165) is 10.6 Å². The predicted octanol–water partition coefficient (Wildman–Crippen LogP) is 5.26. The first-order valence-electron chi connectivity index (χ1n) is 12.1. The van der Waals surface area contributed by atoms with Crippen LogP contribution in [0.15, 0.2) is 42.5 Å². The lowest BCUT2D eigenvalue weighted by Crippen LogP contribution is -2.49. The van der Waals surface area contributed by atoms with Crippen LogP contribution in [-0.4, -0.2) is 50.5 Å². The molecule has 1 N–H and O–H groups in total. The third-order valence-electron chi connectivity index (χ3n) is 5.69. The highest BCUT2D eigenvalue weighted by Gasteiger charge is 2.29. The van der Waals surface area contributed by atoms with Crippen LogP contribution in [0.4, 0.5) is 10.1 Å². The lowest BCUT2D eigenvalue weighted by Gasteiger charge is -2.31. The maximum absolute atomic E-state index is 13.4. The Hall–Kier alpha value is -2.36. The van der Waals surface area contributed by atoms with Gasteiger partial charge in [0, 0.05) is 36.1 Å². The highest BCUT2D eigenvalue weighted by Crippen LogP contribution is 2.25. The van der Waals surface area contributed by atoms with Gasteiger partial charge in [-0.05, 0) is 60.7 Å². The predicted molar refractivity (Wildman–Crippen MR) is 147 cm³/mol. The standard InChI is InChI=1S/C26H34Cl2FN3O4S/c1-5-24(26(34)30-16-18(2)3)31(17-19-8-9-20(27)15-23(19)28)25(33)7-6-14-32(37(4,35)36)22-12-10-21(29)11-13-22/h8-13,15,18,24H,5-7,14,16-17H2,1-4H3,(H,30,34). The van der Waals surface area contributed by atoms with E-state index in [0.29, 0.717) is 34.3 Å². The summed E-state index contributed by atoms with van der Waals surface area (Å²) in [5, 5.41) is 3.72. The van der Waals surface area contributed by atoms with Crippen molar-refractivity contribution in [2.24, 2.45) is 5.92 Å². The van der Waals surface area contributed by atoms with E-state index in [-0.39, 0.29) is 43.7 Å². The number of benzene rings is 2. The van der Waals surface area contributed by atoms with Gasteiger partial charge in [-0.25, -0.2) is 12.8 Å². The van der Waals surface area contributed by atoms with Crippen LogP contribution in [0.5, 0.6) is 0 Å². The molecular formula is C26H34Cl2FN3O4S. The molecule has 2 aromatic rings. The van der Waals surface area contributed by atoms with Crippen LogP contribution in [0.1, 0.15) is 45.6 Å². The summed E-state index contributed by atoms with van der Waals surface area (Å²) in [5.41, 5.74) is 0.944. The molecule has 1 atom stereocenters. The zero-order chi connectivity index (χ0) is 27.8. The third kappa shape index (κ3) is 9.47. The molecular weight excluding hydrogens is 540 g/mol. The van der Waals surface area contributed by atoms with Crippen molar-refractivity contribution in [2.75, 3.05) is 23.7 Å². The molecule has 7 nitrogen and oxygen atoms in total. The van der Waals surface area contributed by atoms with Gasteiger partial charge in [0.05, 0.1) is 11.9 Å². The molecule has 0 fully saturated rings. The van der Waals surface area contributed by atoms with E-state index in [1.165, 1.54) is 29.2 Å². The minimum Gasteiger partial charge on any atom is -0.354 e. The van der Waals surface area contributed by atoms with Crippen molar-refractivity contribution >= 4 is 50.7 Å². The lowest BCUT2D eigenvalue weighted by molar-refractivity contribution is -0.141. The number of sulfonamides is 1. The molecule has 2 rings (SSSR count). The zero-order valence-electron chi connectivity index (χ0n) is 21.5. The van der Waals surface area contributed by atoms with E-state index >= 15 is 0 Å². The largest absolute Gasteiger partial charge is 0.354 e. The Labute approximate surface area is 229 Å². The van der Waals surface area contributed by atoms with Crippen molar-refractivity contribution in [3.05, 3.63) is 63.9 Å². The number of nitrogens with zero attached hydrogens (tertiary/aromatic N) is 2. The SMILES string of the molecule is CCC(C(=O)NCC(C)C)N(Cc1ccc(Cl)cc1Cl)C(=O)CCCN(c1ccc(F)cc1)S(C)(=O)=O. The molecule has 0 radical (unpaired) electrons. The smallest absolute Gasteiger partial charge is 0.242 e. The Morgan fingerprint density at radius 1 is 1.08 bits per heavy atom. The first-order chi connectivity index (χ1) is 17.3. The molecule has 0 aromatic heterocycles. The van der Waals surface area contributed by atoms with E-state index < -0.39 is 21.9 Å². The van der Waals surface area contributed by atoms with E-state index in [1.54, 1.807) is 18.2 Å². The number of halogens is 3. The Balaban J connectivity index is 2.24. The van der Waals surface area contributed by atoms with Gasteiger partial charge >= 0.3 is 0 Å². The number of hydrogen-bond acceptors (Lipinski definition) is 4. The number of rotatable bonds is 13. The number of hydrogen-bond donors (Lipinski definition) is 1. The van der Waals surface area contributed by atoms with Crippen molar-refractivity contribution in [1.29, 1.82) is 0 Å². The molecule has 0 heterocycles. The van der Waals surface area contributed by atoms with Crippen molar-refractivity contribution in [3.8, 4) is 0 Å². The van der Waals surface area contributed by atoms with E-state index in [9.17, 15) is 22.4 Å². The van der Waals surface area contributed by atoms with Gasteiger partial charge in [0.25, 0.3) is 0 Å². The Morgan fingerprint density at radius 2 is 1.73 bits per heavy atom. The number of nitrogens with one attached hydrogen (secondary N) is 1. The van der Waals surface area contributed by atoms with E-state index in [4.69, 9.17) is 23.2 Å². The summed E-state index contributed by atoms with van der Waals surface area (Å²) in [6.07, 6.45) is 1.62. The van der Waals surface area contributed by atoms with Crippen LogP contribution in [0.3, 0.4) is 0 Å². The molecule has 37 heavy (non-hydrogen) atoms. The fourth-order valence-corrected chi connectivity index (χ4v) is 5.22. The summed E-state index contributed by atoms with van der Waals surface area (Å²) in [7, 11) is -3.67. The second kappa shape index (κ2) is 14.0. The van der Waals surface area contributed by atoms with Gasteiger partial charge < -0.3 is 10.2 Å². The number of amides is 2. The average Bonchev–Trinajstić information content (AvgIpc) is 2.81. The molecule has 2 aromatic carbocycles. The maximum Gasteiger partial charge on any atom is 0.242 e. The van der Waals surface area contributed by atoms with Gasteiger partial charge in [0.1, 0.15) is 11.9 Å². The van der Waals surface area contributed by atoms with Gasteiger partial charge in [0.15, 0.2) is 0 Å². The molecule has 0 saturated carbocycles. The summed E-state index contributed by atoms with van der Waals surface area (Å²) in [6.45, 7) is 6.36. The zero-order valence-corrected chi connectivity index (χ0v) is 23.8. The maximum atomic E-state index is 13.4. The molecule has 1 unspecified atom stereocenters. The Kier molecular flexibility index (Phi) is 11.7. The van der Waals surface area contributed by atoms with Gasteiger partial charge in [-0.1, -0.05) is 50.0 Å². The summed E-state index contributed by atoms with van der Waals surface area (Å²) in [6, 6.07) is 9.32. The summed E-state index contributed by atoms with van der Waals surface area (Å²) < 4.78 is 39.2. The van der Waals surface area contributed by atoms with Crippen LogP contribution in [0.25, 0.3) is 0 Å². The average molecular weight is 575 g/mol. The second-order valence-electron chi connectivity index (χ2n) is 9.24. The molecule has 0 aliphatic rings. The van der Waals surface area contributed by atoms with Crippen molar-refractivity contribution in [2.45, 2.75) is 52.6 Å². The normalized spacial score (nSPS) is 12.3. The van der Waals surface area contributed by atoms with Crippen molar-refractivity contribution < 1.29 is 22.4 Å². The van der Waals surface area contributed by atoms with E-state index in [2.05, 4.69) is 5.32 Å². The minimum absolute atomic E-state index is 0.00756. The third-order valence-corrected chi connectivity index (χ3v) is 7.47. The quantitative estimate of drug-likeness (QED) is 0.354. The second-order valence-corrected chi connectivity index (χ2v) is 12.0. The van der Waals surface area contributed by atoms with Crippen LogP contribution >= 0.6 is 23.2 Å². The van der Waals surface area contributed by atoms with Crippen LogP contribution in [0.2, 0.25) is 10.0 Å². The van der Waals surface area contributed by atoms with Crippen LogP contribution in [-0.2, 0) is 26.2 Å². The molecule has 11 heteroatoms. The van der Waals surface area contributed by atoms with Gasteiger partial charge in [-0.3, -0.25) is 13.9 Å². The van der Waals surface area contributed by atoms with Gasteiger partial charge in [0.2, 0.25) is 21.8 Å². The monoisotopic (exact) mass is 573 g/mol. The molecule has 0 aliphatic heterocycles.